The first-order valence-electron chi connectivity index (χ1n) is 5.63. The molecule has 0 unspecified atom stereocenters. The number of nitrogens with zero attached hydrogens (tertiary/aromatic N) is 2. The Hall–Kier alpha value is -1.24. The lowest BCUT2D eigenvalue weighted by atomic mass is 10.1. The maximum atomic E-state index is 10.9. The molecule has 1 heterocycles. The van der Waals surface area contributed by atoms with E-state index in [0.29, 0.717) is 0 Å². The average Bonchev–Trinajstić information content (AvgIpc) is 2.84. The van der Waals surface area contributed by atoms with Gasteiger partial charge in [0.05, 0.1) is 16.8 Å². The highest BCUT2D eigenvalue weighted by molar-refractivity contribution is 9.10. The fourth-order valence-electron chi connectivity index (χ4n) is 1.75. The Bertz CT molecular complexity index is 572. The fraction of sp³-hybridized carbons (Fsp3) is 0.231. The van der Waals surface area contributed by atoms with E-state index in [2.05, 4.69) is 25.8 Å². The number of rotatable bonds is 5. The Morgan fingerprint density at radius 2 is 2.26 bits per heavy atom. The molecule has 4 nitrogen and oxygen atoms in total. The largest absolute Gasteiger partial charge is 0.478 e. The van der Waals surface area contributed by atoms with E-state index in [1.165, 1.54) is 0 Å². The van der Waals surface area contributed by atoms with Crippen LogP contribution in [0.3, 0.4) is 0 Å². The molecule has 2 rings (SSSR count). The second-order valence-electron chi connectivity index (χ2n) is 4.26. The lowest BCUT2D eigenvalue weighted by molar-refractivity contribution is 0.0697. The first kappa shape index (κ1) is 14.2. The van der Waals surface area contributed by atoms with Gasteiger partial charge >= 0.3 is 5.97 Å². The van der Waals surface area contributed by atoms with Crippen molar-refractivity contribution >= 4 is 33.2 Å². The van der Waals surface area contributed by atoms with E-state index in [4.69, 9.17) is 5.11 Å². The van der Waals surface area contributed by atoms with Crippen LogP contribution >= 0.6 is 27.3 Å². The summed E-state index contributed by atoms with van der Waals surface area (Å²) in [5.41, 5.74) is 4.21. The quantitative estimate of drug-likeness (QED) is 0.907. The zero-order chi connectivity index (χ0) is 13.8. The number of carbonyl (C=O) groups is 1. The Kier molecular flexibility index (Phi) is 4.68. The summed E-state index contributed by atoms with van der Waals surface area (Å²) in [5, 5.41) is 10.9. The van der Waals surface area contributed by atoms with Crippen LogP contribution in [0.15, 0.2) is 33.6 Å². The van der Waals surface area contributed by atoms with Gasteiger partial charge in [-0.25, -0.2) is 9.78 Å². The third-order valence-corrected chi connectivity index (χ3v) is 4.03. The lowest BCUT2D eigenvalue weighted by Gasteiger charge is -2.16. The van der Waals surface area contributed by atoms with Crippen LogP contribution in [0.4, 0.5) is 0 Å². The normalized spacial score (nSPS) is 10.9. The number of thiazole rings is 1. The first-order chi connectivity index (χ1) is 9.06. The number of aromatic nitrogens is 1. The molecule has 0 atom stereocenters. The Morgan fingerprint density at radius 1 is 1.47 bits per heavy atom. The number of halogens is 1. The number of carboxylic acid groups (broad SMARTS) is 1. The van der Waals surface area contributed by atoms with Crippen LogP contribution in [0.25, 0.3) is 0 Å². The molecule has 100 valence electrons. The van der Waals surface area contributed by atoms with Crippen molar-refractivity contribution in [2.24, 2.45) is 0 Å². The molecule has 1 aromatic carbocycles. The van der Waals surface area contributed by atoms with E-state index >= 15 is 0 Å². The van der Waals surface area contributed by atoms with E-state index in [9.17, 15) is 4.79 Å². The van der Waals surface area contributed by atoms with Crippen LogP contribution in [0.2, 0.25) is 0 Å². The maximum absolute atomic E-state index is 10.9. The molecule has 0 saturated heterocycles. The standard InChI is InChI=1S/C13H13BrN2O2S/c1-16(6-11-7-19-8-15-11)5-10-3-2-9(13(17)18)4-12(10)14/h2-4,7-8H,5-6H2,1H3,(H,17,18). The summed E-state index contributed by atoms with van der Waals surface area (Å²) in [6, 6.07) is 5.10. The van der Waals surface area contributed by atoms with Crippen molar-refractivity contribution in [3.8, 4) is 0 Å². The fourth-order valence-corrected chi connectivity index (χ4v) is 2.80. The van der Waals surface area contributed by atoms with Crippen LogP contribution in [-0.4, -0.2) is 28.0 Å². The summed E-state index contributed by atoms with van der Waals surface area (Å²) in [6.45, 7) is 1.51. The third kappa shape index (κ3) is 3.86. The molecular weight excluding hydrogens is 328 g/mol. The van der Waals surface area contributed by atoms with Crippen molar-refractivity contribution < 1.29 is 9.90 Å². The number of benzene rings is 1. The number of carboxylic acids is 1. The number of aromatic carboxylic acids is 1. The molecule has 1 N–H and O–H groups in total. The molecule has 6 heteroatoms. The summed E-state index contributed by atoms with van der Waals surface area (Å²) < 4.78 is 0.817. The van der Waals surface area contributed by atoms with Crippen LogP contribution in [0, 0.1) is 0 Å². The molecule has 0 aliphatic heterocycles. The van der Waals surface area contributed by atoms with E-state index in [1.807, 2.05) is 24.0 Å². The third-order valence-electron chi connectivity index (χ3n) is 2.66. The SMILES string of the molecule is CN(Cc1cscn1)Cc1ccc(C(=O)O)cc1Br. The van der Waals surface area contributed by atoms with Gasteiger partial charge in [-0.3, -0.25) is 4.90 Å². The van der Waals surface area contributed by atoms with Crippen molar-refractivity contribution in [2.45, 2.75) is 13.1 Å². The molecule has 0 bridgehead atoms. The summed E-state index contributed by atoms with van der Waals surface area (Å²) in [5.74, 6) is -0.914. The van der Waals surface area contributed by atoms with Crippen LogP contribution in [-0.2, 0) is 13.1 Å². The molecule has 0 radical (unpaired) electrons. The highest BCUT2D eigenvalue weighted by atomic mass is 79.9. The zero-order valence-corrected chi connectivity index (χ0v) is 12.7. The summed E-state index contributed by atoms with van der Waals surface area (Å²) in [7, 11) is 2.01. The Labute approximate surface area is 123 Å². The van der Waals surface area contributed by atoms with Crippen molar-refractivity contribution in [3.63, 3.8) is 0 Å². The predicted octanol–water partition coefficient (Wildman–Crippen LogP) is 3.24. The van der Waals surface area contributed by atoms with Gasteiger partial charge in [-0.1, -0.05) is 22.0 Å². The molecule has 2 aromatic rings. The first-order valence-corrected chi connectivity index (χ1v) is 7.37. The topological polar surface area (TPSA) is 53.4 Å². The molecule has 0 aliphatic carbocycles. The summed E-state index contributed by atoms with van der Waals surface area (Å²) >= 11 is 5.00. The van der Waals surface area contributed by atoms with Gasteiger partial charge in [-0.05, 0) is 24.7 Å². The van der Waals surface area contributed by atoms with E-state index in [0.717, 1.165) is 28.8 Å². The van der Waals surface area contributed by atoms with Gasteiger partial charge in [0.15, 0.2) is 0 Å². The van der Waals surface area contributed by atoms with Gasteiger partial charge in [0, 0.05) is 22.9 Å². The van der Waals surface area contributed by atoms with Crippen LogP contribution < -0.4 is 0 Å². The highest BCUT2D eigenvalue weighted by Crippen LogP contribution is 2.20. The Morgan fingerprint density at radius 3 is 2.84 bits per heavy atom. The summed E-state index contributed by atoms with van der Waals surface area (Å²) in [6.07, 6.45) is 0. The molecule has 0 saturated carbocycles. The second-order valence-corrected chi connectivity index (χ2v) is 5.84. The zero-order valence-electron chi connectivity index (χ0n) is 10.3. The monoisotopic (exact) mass is 340 g/mol. The molecule has 0 fully saturated rings. The summed E-state index contributed by atoms with van der Waals surface area (Å²) in [4.78, 5) is 17.2. The van der Waals surface area contributed by atoms with Crippen LogP contribution in [0.5, 0.6) is 0 Å². The highest BCUT2D eigenvalue weighted by Gasteiger charge is 2.09. The minimum absolute atomic E-state index is 0.290. The van der Waals surface area contributed by atoms with Gasteiger partial charge in [0.25, 0.3) is 0 Å². The number of hydrogen-bond donors (Lipinski definition) is 1. The van der Waals surface area contributed by atoms with Crippen molar-refractivity contribution in [1.82, 2.24) is 9.88 Å². The van der Waals surface area contributed by atoms with E-state index in [1.54, 1.807) is 23.5 Å². The minimum Gasteiger partial charge on any atom is -0.478 e. The van der Waals surface area contributed by atoms with Crippen molar-refractivity contribution in [2.75, 3.05) is 7.05 Å². The minimum atomic E-state index is -0.914. The van der Waals surface area contributed by atoms with Crippen molar-refractivity contribution in [1.29, 1.82) is 0 Å². The molecule has 0 amide bonds. The molecule has 1 aromatic heterocycles. The molecular formula is C13H13BrN2O2S. The van der Waals surface area contributed by atoms with Gasteiger partial charge in [0.2, 0.25) is 0 Å². The smallest absolute Gasteiger partial charge is 0.335 e. The average molecular weight is 341 g/mol. The second kappa shape index (κ2) is 6.27. The molecule has 0 aliphatic rings. The predicted molar refractivity (Wildman–Crippen MR) is 78.4 cm³/mol. The van der Waals surface area contributed by atoms with E-state index < -0.39 is 5.97 Å². The van der Waals surface area contributed by atoms with Gasteiger partial charge in [-0.2, -0.15) is 0 Å². The lowest BCUT2D eigenvalue weighted by Crippen LogP contribution is -2.17. The number of hydrogen-bond acceptors (Lipinski definition) is 4. The van der Waals surface area contributed by atoms with E-state index in [-0.39, 0.29) is 5.56 Å². The maximum Gasteiger partial charge on any atom is 0.335 e. The van der Waals surface area contributed by atoms with Gasteiger partial charge < -0.3 is 5.11 Å². The molecule has 0 spiro atoms. The van der Waals surface area contributed by atoms with Crippen molar-refractivity contribution in [3.05, 3.63) is 50.4 Å². The van der Waals surface area contributed by atoms with Gasteiger partial charge in [-0.15, -0.1) is 11.3 Å². The Balaban J connectivity index is 2.04. The van der Waals surface area contributed by atoms with Gasteiger partial charge in [0.1, 0.15) is 0 Å². The molecule has 19 heavy (non-hydrogen) atoms. The van der Waals surface area contributed by atoms with Crippen LogP contribution in [0.1, 0.15) is 21.6 Å².